The Hall–Kier alpha value is -0.940. The molecule has 0 spiro atoms. The summed E-state index contributed by atoms with van der Waals surface area (Å²) in [5.41, 5.74) is 7.82. The molecule has 0 aromatic heterocycles. The fourth-order valence-electron chi connectivity index (χ4n) is 1.99. The van der Waals surface area contributed by atoms with Crippen molar-refractivity contribution in [3.05, 3.63) is 35.4 Å². The summed E-state index contributed by atoms with van der Waals surface area (Å²) in [6.07, 6.45) is -0.792. The van der Waals surface area contributed by atoms with Gasteiger partial charge in [0, 0.05) is 26.2 Å². The Morgan fingerprint density at radius 2 is 1.44 bits per heavy atom. The van der Waals surface area contributed by atoms with Gasteiger partial charge in [-0.3, -0.25) is 4.90 Å². The van der Waals surface area contributed by atoms with Crippen molar-refractivity contribution < 1.29 is 10.2 Å². The van der Waals surface area contributed by atoms with Crippen LogP contribution in [0.25, 0.3) is 0 Å². The monoisotopic (exact) mass is 252 g/mol. The van der Waals surface area contributed by atoms with Gasteiger partial charge >= 0.3 is 0 Å². The van der Waals surface area contributed by atoms with E-state index in [0.717, 1.165) is 17.7 Å². The molecule has 4 nitrogen and oxygen atoms in total. The topological polar surface area (TPSA) is 69.7 Å². The van der Waals surface area contributed by atoms with Crippen molar-refractivity contribution in [2.24, 2.45) is 5.73 Å². The maximum Gasteiger partial charge on any atom is 0.0639 e. The first-order chi connectivity index (χ1) is 8.51. The number of hydrogen-bond acceptors (Lipinski definition) is 4. The summed E-state index contributed by atoms with van der Waals surface area (Å²) in [7, 11) is 0. The summed E-state index contributed by atoms with van der Waals surface area (Å²) >= 11 is 0. The minimum Gasteiger partial charge on any atom is -0.392 e. The molecule has 4 heteroatoms. The van der Waals surface area contributed by atoms with E-state index in [9.17, 15) is 10.2 Å². The standard InChI is InChI=1S/C14H24N2O2/c1-11(17)8-16(9-12(2)18)10-14-5-3-13(7-15)4-6-14/h3-6,11-12,17-18H,7-10,15H2,1-2H3. The molecule has 0 bridgehead atoms. The largest absolute Gasteiger partial charge is 0.392 e. The second-order valence-corrected chi connectivity index (χ2v) is 4.91. The molecule has 2 atom stereocenters. The molecule has 102 valence electrons. The predicted molar refractivity (Wildman–Crippen MR) is 73.0 cm³/mol. The summed E-state index contributed by atoms with van der Waals surface area (Å²) in [6, 6.07) is 8.11. The maximum absolute atomic E-state index is 9.46. The van der Waals surface area contributed by atoms with Crippen LogP contribution in [0.15, 0.2) is 24.3 Å². The Balaban J connectivity index is 2.62. The molecule has 0 aliphatic carbocycles. The average molecular weight is 252 g/mol. The van der Waals surface area contributed by atoms with Crippen molar-refractivity contribution in [3.63, 3.8) is 0 Å². The third-order valence-corrected chi connectivity index (χ3v) is 2.71. The van der Waals surface area contributed by atoms with Gasteiger partial charge in [-0.2, -0.15) is 0 Å². The van der Waals surface area contributed by atoms with E-state index in [2.05, 4.69) is 0 Å². The Kier molecular flexibility index (Phi) is 6.29. The number of aliphatic hydroxyl groups is 2. The van der Waals surface area contributed by atoms with Gasteiger partial charge in [0.25, 0.3) is 0 Å². The summed E-state index contributed by atoms with van der Waals surface area (Å²) in [4.78, 5) is 2.05. The lowest BCUT2D eigenvalue weighted by atomic mass is 10.1. The normalized spacial score (nSPS) is 14.8. The molecule has 0 radical (unpaired) electrons. The molecular formula is C14H24N2O2. The zero-order valence-electron chi connectivity index (χ0n) is 11.2. The molecule has 0 amide bonds. The lowest BCUT2D eigenvalue weighted by Gasteiger charge is -2.25. The highest BCUT2D eigenvalue weighted by atomic mass is 16.3. The lowest BCUT2D eigenvalue weighted by molar-refractivity contribution is 0.0794. The zero-order chi connectivity index (χ0) is 13.5. The zero-order valence-corrected chi connectivity index (χ0v) is 11.2. The minimum atomic E-state index is -0.396. The SMILES string of the molecule is CC(O)CN(Cc1ccc(CN)cc1)CC(C)O. The van der Waals surface area contributed by atoms with Crippen LogP contribution >= 0.6 is 0 Å². The number of hydrogen-bond donors (Lipinski definition) is 3. The van der Waals surface area contributed by atoms with Gasteiger partial charge in [-0.1, -0.05) is 24.3 Å². The molecule has 0 aliphatic heterocycles. The second-order valence-electron chi connectivity index (χ2n) is 4.91. The molecule has 1 aromatic carbocycles. The Labute approximate surface area is 109 Å². The molecule has 18 heavy (non-hydrogen) atoms. The summed E-state index contributed by atoms with van der Waals surface area (Å²) in [5.74, 6) is 0. The van der Waals surface area contributed by atoms with Gasteiger partial charge in [0.1, 0.15) is 0 Å². The number of nitrogens with two attached hydrogens (primary N) is 1. The van der Waals surface area contributed by atoms with Crippen LogP contribution in [-0.2, 0) is 13.1 Å². The smallest absolute Gasteiger partial charge is 0.0639 e. The molecule has 2 unspecified atom stereocenters. The van der Waals surface area contributed by atoms with Crippen LogP contribution in [0.3, 0.4) is 0 Å². The molecule has 0 aliphatic rings. The van der Waals surface area contributed by atoms with Crippen molar-refractivity contribution in [2.45, 2.75) is 39.1 Å². The van der Waals surface area contributed by atoms with E-state index < -0.39 is 12.2 Å². The Morgan fingerprint density at radius 3 is 1.83 bits per heavy atom. The number of rotatable bonds is 7. The number of nitrogens with zero attached hydrogens (tertiary/aromatic N) is 1. The van der Waals surface area contributed by atoms with E-state index in [-0.39, 0.29) is 0 Å². The van der Waals surface area contributed by atoms with E-state index in [0.29, 0.717) is 19.6 Å². The first-order valence-corrected chi connectivity index (χ1v) is 6.37. The van der Waals surface area contributed by atoms with Gasteiger partial charge in [0.2, 0.25) is 0 Å². The third kappa shape index (κ3) is 5.60. The fraction of sp³-hybridized carbons (Fsp3) is 0.571. The van der Waals surface area contributed by atoms with Gasteiger partial charge in [-0.25, -0.2) is 0 Å². The van der Waals surface area contributed by atoms with Gasteiger partial charge < -0.3 is 15.9 Å². The molecule has 1 rings (SSSR count). The van der Waals surface area contributed by atoms with Crippen LogP contribution in [0.2, 0.25) is 0 Å². The van der Waals surface area contributed by atoms with E-state index in [1.54, 1.807) is 13.8 Å². The van der Waals surface area contributed by atoms with Crippen LogP contribution in [0, 0.1) is 0 Å². The van der Waals surface area contributed by atoms with Crippen molar-refractivity contribution in [1.82, 2.24) is 4.90 Å². The lowest BCUT2D eigenvalue weighted by Crippen LogP contribution is -2.35. The number of aliphatic hydroxyl groups excluding tert-OH is 2. The fourth-order valence-corrected chi connectivity index (χ4v) is 1.99. The first-order valence-electron chi connectivity index (χ1n) is 6.37. The second kappa shape index (κ2) is 7.48. The highest BCUT2D eigenvalue weighted by Gasteiger charge is 2.11. The predicted octanol–water partition coefficient (Wildman–Crippen LogP) is 0.709. The van der Waals surface area contributed by atoms with Crippen LogP contribution < -0.4 is 5.73 Å². The van der Waals surface area contributed by atoms with Gasteiger partial charge in [-0.15, -0.1) is 0 Å². The molecular weight excluding hydrogens is 228 g/mol. The maximum atomic E-state index is 9.46. The minimum absolute atomic E-state index is 0.396. The molecule has 0 heterocycles. The van der Waals surface area contributed by atoms with Crippen LogP contribution in [-0.4, -0.2) is 40.4 Å². The Bertz CT molecular complexity index is 326. The van der Waals surface area contributed by atoms with Crippen LogP contribution in [0.4, 0.5) is 0 Å². The average Bonchev–Trinajstić information content (AvgIpc) is 2.28. The summed E-state index contributed by atoms with van der Waals surface area (Å²) in [5, 5.41) is 18.9. The van der Waals surface area contributed by atoms with E-state index in [4.69, 9.17) is 5.73 Å². The van der Waals surface area contributed by atoms with Gasteiger partial charge in [-0.05, 0) is 25.0 Å². The highest BCUT2D eigenvalue weighted by molar-refractivity contribution is 5.22. The van der Waals surface area contributed by atoms with Gasteiger partial charge in [0.15, 0.2) is 0 Å². The van der Waals surface area contributed by atoms with E-state index in [1.165, 1.54) is 0 Å². The van der Waals surface area contributed by atoms with Crippen molar-refractivity contribution in [1.29, 1.82) is 0 Å². The molecule has 1 aromatic rings. The Morgan fingerprint density at radius 1 is 1.00 bits per heavy atom. The molecule has 4 N–H and O–H groups in total. The number of benzene rings is 1. The van der Waals surface area contributed by atoms with Gasteiger partial charge in [0.05, 0.1) is 12.2 Å². The van der Waals surface area contributed by atoms with Crippen LogP contribution in [0.5, 0.6) is 0 Å². The first kappa shape index (κ1) is 15.1. The molecule has 0 saturated carbocycles. The van der Waals surface area contributed by atoms with E-state index >= 15 is 0 Å². The van der Waals surface area contributed by atoms with E-state index in [1.807, 2.05) is 29.2 Å². The highest BCUT2D eigenvalue weighted by Crippen LogP contribution is 2.08. The van der Waals surface area contributed by atoms with Crippen molar-refractivity contribution in [3.8, 4) is 0 Å². The third-order valence-electron chi connectivity index (χ3n) is 2.71. The van der Waals surface area contributed by atoms with Crippen LogP contribution in [0.1, 0.15) is 25.0 Å². The molecule has 0 saturated heterocycles. The molecule has 0 fully saturated rings. The van der Waals surface area contributed by atoms with Crippen molar-refractivity contribution >= 4 is 0 Å². The quantitative estimate of drug-likeness (QED) is 0.668. The summed E-state index contributed by atoms with van der Waals surface area (Å²) < 4.78 is 0. The summed E-state index contributed by atoms with van der Waals surface area (Å²) in [6.45, 7) is 5.90. The van der Waals surface area contributed by atoms with Crippen molar-refractivity contribution in [2.75, 3.05) is 13.1 Å².